The van der Waals surface area contributed by atoms with Gasteiger partial charge in [0.05, 0.1) is 24.7 Å². The van der Waals surface area contributed by atoms with Gasteiger partial charge in [0.25, 0.3) is 0 Å². The fourth-order valence-corrected chi connectivity index (χ4v) is 1.95. The molecule has 108 valence electrons. The first-order valence-electron chi connectivity index (χ1n) is 6.27. The second-order valence-corrected chi connectivity index (χ2v) is 4.75. The highest BCUT2D eigenvalue weighted by atomic mass is 32.1. The van der Waals surface area contributed by atoms with Crippen molar-refractivity contribution in [3.8, 4) is 0 Å². The van der Waals surface area contributed by atoms with E-state index in [1.165, 1.54) is 7.11 Å². The minimum Gasteiger partial charge on any atom is -0.467 e. The molecular formula is C15H15N3O2S. The van der Waals surface area contributed by atoms with Crippen LogP contribution in [0, 0.1) is 0 Å². The van der Waals surface area contributed by atoms with Crippen LogP contribution >= 0.6 is 12.2 Å². The summed E-state index contributed by atoms with van der Waals surface area (Å²) >= 11 is 4.85. The largest absolute Gasteiger partial charge is 0.467 e. The number of ether oxygens (including phenoxy) is 1. The number of nitrogens with two attached hydrogens (primary N) is 1. The summed E-state index contributed by atoms with van der Waals surface area (Å²) in [7, 11) is 1.36. The van der Waals surface area contributed by atoms with Crippen molar-refractivity contribution in [2.75, 3.05) is 12.4 Å². The highest BCUT2D eigenvalue weighted by Gasteiger charge is 2.21. The molecule has 2 rings (SSSR count). The summed E-state index contributed by atoms with van der Waals surface area (Å²) in [5.41, 5.74) is 7.52. The molecule has 0 spiro atoms. The number of nitrogens with one attached hydrogen (secondary N) is 1. The van der Waals surface area contributed by atoms with E-state index in [-0.39, 0.29) is 11.0 Å². The third-order valence-electron chi connectivity index (χ3n) is 2.90. The highest BCUT2D eigenvalue weighted by Crippen LogP contribution is 2.20. The van der Waals surface area contributed by atoms with Crippen molar-refractivity contribution in [1.82, 2.24) is 4.98 Å². The molecule has 3 N–H and O–H groups in total. The second-order valence-electron chi connectivity index (χ2n) is 4.31. The molecule has 1 atom stereocenters. The Hall–Kier alpha value is -2.47. The van der Waals surface area contributed by atoms with Gasteiger partial charge in [-0.15, -0.1) is 0 Å². The molecule has 0 fully saturated rings. The summed E-state index contributed by atoms with van der Waals surface area (Å²) < 4.78 is 4.84. The van der Waals surface area contributed by atoms with Gasteiger partial charge in [0.1, 0.15) is 4.99 Å². The maximum absolute atomic E-state index is 11.9. The van der Waals surface area contributed by atoms with Gasteiger partial charge in [-0.25, -0.2) is 4.79 Å². The monoisotopic (exact) mass is 301 g/mol. The van der Waals surface area contributed by atoms with Crippen molar-refractivity contribution in [3.63, 3.8) is 0 Å². The topological polar surface area (TPSA) is 77.2 Å². The van der Waals surface area contributed by atoms with E-state index in [2.05, 4.69) is 10.3 Å². The van der Waals surface area contributed by atoms with Crippen molar-refractivity contribution < 1.29 is 9.53 Å². The van der Waals surface area contributed by atoms with Crippen LogP contribution in [-0.2, 0) is 9.53 Å². The van der Waals surface area contributed by atoms with Gasteiger partial charge in [0.2, 0.25) is 0 Å². The third-order valence-corrected chi connectivity index (χ3v) is 3.11. The second kappa shape index (κ2) is 6.81. The number of rotatable bonds is 5. The molecule has 21 heavy (non-hydrogen) atoms. The van der Waals surface area contributed by atoms with Crippen LogP contribution in [0.3, 0.4) is 0 Å². The molecule has 0 radical (unpaired) electrons. The molecule has 1 heterocycles. The summed E-state index contributed by atoms with van der Waals surface area (Å²) in [6.07, 6.45) is 1.58. The molecule has 0 aliphatic rings. The normalized spacial score (nSPS) is 11.5. The van der Waals surface area contributed by atoms with Crippen molar-refractivity contribution in [2.45, 2.75) is 6.04 Å². The van der Waals surface area contributed by atoms with Crippen molar-refractivity contribution in [3.05, 3.63) is 59.9 Å². The van der Waals surface area contributed by atoms with Crippen LogP contribution in [0.4, 0.5) is 5.69 Å². The molecule has 0 aliphatic carbocycles. The number of thiocarbonyl (C=S) groups is 1. The van der Waals surface area contributed by atoms with Gasteiger partial charge in [-0.2, -0.15) is 0 Å². The molecule has 0 saturated carbocycles. The standard InChI is InChI=1S/C15H15N3O2S/c1-20-15(19)13(10-5-3-2-4-6-10)18-11-7-8-12(14(16)21)17-9-11/h2-9,13,18H,1H3,(H2,16,21). The predicted molar refractivity (Wildman–Crippen MR) is 84.9 cm³/mol. The lowest BCUT2D eigenvalue weighted by Crippen LogP contribution is -2.22. The van der Waals surface area contributed by atoms with Crippen LogP contribution in [0.5, 0.6) is 0 Å². The Bertz CT molecular complexity index is 629. The van der Waals surface area contributed by atoms with E-state index in [1.807, 2.05) is 30.3 Å². The van der Waals surface area contributed by atoms with Crippen molar-refractivity contribution in [2.24, 2.45) is 5.73 Å². The van der Waals surface area contributed by atoms with E-state index in [9.17, 15) is 4.79 Å². The molecular weight excluding hydrogens is 286 g/mol. The Balaban J connectivity index is 2.23. The van der Waals surface area contributed by atoms with Crippen LogP contribution in [0.15, 0.2) is 48.7 Å². The van der Waals surface area contributed by atoms with Gasteiger partial charge >= 0.3 is 5.97 Å². The van der Waals surface area contributed by atoms with Crippen molar-refractivity contribution >= 4 is 28.9 Å². The molecule has 1 unspecified atom stereocenters. The van der Waals surface area contributed by atoms with E-state index in [1.54, 1.807) is 18.3 Å². The number of hydrogen-bond acceptors (Lipinski definition) is 5. The predicted octanol–water partition coefficient (Wildman–Crippen LogP) is 2.04. The number of nitrogens with zero attached hydrogens (tertiary/aromatic N) is 1. The zero-order valence-corrected chi connectivity index (χ0v) is 12.3. The molecule has 2 aromatic rings. The maximum Gasteiger partial charge on any atom is 0.332 e. The van der Waals surface area contributed by atoms with Crippen LogP contribution in [-0.4, -0.2) is 23.1 Å². The van der Waals surface area contributed by atoms with E-state index in [0.717, 1.165) is 5.56 Å². The van der Waals surface area contributed by atoms with Crippen LogP contribution in [0.1, 0.15) is 17.3 Å². The third kappa shape index (κ3) is 3.76. The maximum atomic E-state index is 11.9. The average Bonchev–Trinajstić information content (AvgIpc) is 2.53. The number of carbonyl (C=O) groups is 1. The number of benzene rings is 1. The first-order valence-corrected chi connectivity index (χ1v) is 6.68. The Morgan fingerprint density at radius 2 is 2.00 bits per heavy atom. The fraction of sp³-hybridized carbons (Fsp3) is 0.133. The Labute approximate surface area is 128 Å². The van der Waals surface area contributed by atoms with Gasteiger partial charge in [-0.1, -0.05) is 42.5 Å². The smallest absolute Gasteiger partial charge is 0.332 e. The molecule has 1 aromatic carbocycles. The van der Waals surface area contributed by atoms with Crippen LogP contribution in [0.2, 0.25) is 0 Å². The Morgan fingerprint density at radius 1 is 1.29 bits per heavy atom. The van der Waals surface area contributed by atoms with Gasteiger partial charge in [0, 0.05) is 0 Å². The van der Waals surface area contributed by atoms with Crippen LogP contribution < -0.4 is 11.1 Å². The van der Waals surface area contributed by atoms with Crippen molar-refractivity contribution in [1.29, 1.82) is 0 Å². The quantitative estimate of drug-likeness (QED) is 0.650. The van der Waals surface area contributed by atoms with Gasteiger partial charge in [-0.3, -0.25) is 4.98 Å². The number of methoxy groups -OCH3 is 1. The van der Waals surface area contributed by atoms with Crippen LogP contribution in [0.25, 0.3) is 0 Å². The lowest BCUT2D eigenvalue weighted by molar-refractivity contribution is -0.141. The molecule has 0 saturated heterocycles. The zero-order valence-electron chi connectivity index (χ0n) is 11.4. The minimum atomic E-state index is -0.603. The number of carbonyl (C=O) groups excluding carboxylic acids is 1. The number of esters is 1. The molecule has 0 aliphatic heterocycles. The number of hydrogen-bond donors (Lipinski definition) is 2. The minimum absolute atomic E-state index is 0.231. The summed E-state index contributed by atoms with van der Waals surface area (Å²) in [4.78, 5) is 16.3. The summed E-state index contributed by atoms with van der Waals surface area (Å²) in [6.45, 7) is 0. The highest BCUT2D eigenvalue weighted by molar-refractivity contribution is 7.80. The number of pyridine rings is 1. The zero-order chi connectivity index (χ0) is 15.2. The molecule has 0 amide bonds. The fourth-order valence-electron chi connectivity index (χ4n) is 1.83. The van der Waals surface area contributed by atoms with E-state index in [4.69, 9.17) is 22.7 Å². The first kappa shape index (κ1) is 14.9. The molecule has 1 aromatic heterocycles. The van der Waals surface area contributed by atoms with E-state index in [0.29, 0.717) is 11.4 Å². The molecule has 6 heteroatoms. The van der Waals surface area contributed by atoms with E-state index < -0.39 is 6.04 Å². The SMILES string of the molecule is COC(=O)C(Nc1ccc(C(N)=S)nc1)c1ccccc1. The average molecular weight is 301 g/mol. The Kier molecular flexibility index (Phi) is 4.84. The number of anilines is 1. The lowest BCUT2D eigenvalue weighted by atomic mass is 10.1. The Morgan fingerprint density at radius 3 is 2.52 bits per heavy atom. The lowest BCUT2D eigenvalue weighted by Gasteiger charge is -2.18. The van der Waals surface area contributed by atoms with Gasteiger partial charge in [-0.05, 0) is 17.7 Å². The summed E-state index contributed by atoms with van der Waals surface area (Å²) in [5.74, 6) is -0.375. The van der Waals surface area contributed by atoms with E-state index >= 15 is 0 Å². The molecule has 5 nitrogen and oxygen atoms in total. The summed E-state index contributed by atoms with van der Waals surface area (Å²) in [5, 5.41) is 3.09. The van der Waals surface area contributed by atoms with Gasteiger partial charge < -0.3 is 15.8 Å². The summed E-state index contributed by atoms with van der Waals surface area (Å²) in [6, 6.07) is 12.2. The first-order chi connectivity index (χ1) is 10.1. The van der Waals surface area contributed by atoms with Gasteiger partial charge in [0.15, 0.2) is 6.04 Å². The molecule has 0 bridgehead atoms. The number of aromatic nitrogens is 1.